The zero-order valence-corrected chi connectivity index (χ0v) is 19.2. The molecule has 5 N–H and O–H groups in total. The first-order valence-corrected chi connectivity index (χ1v) is 10.8. The number of urea groups is 1. The van der Waals surface area contributed by atoms with Crippen LogP contribution in [0.25, 0.3) is 10.9 Å². The molecule has 0 saturated carbocycles. The van der Waals surface area contributed by atoms with Crippen LogP contribution in [0.15, 0.2) is 42.5 Å². The van der Waals surface area contributed by atoms with Gasteiger partial charge in [0.05, 0.1) is 12.1 Å². The number of carbonyl (C=O) groups is 2. The number of carbonyl (C=O) groups excluding carboxylic acids is 2. The molecule has 10 heteroatoms. The molecule has 0 saturated heterocycles. The van der Waals surface area contributed by atoms with Crippen LogP contribution in [0.3, 0.4) is 0 Å². The van der Waals surface area contributed by atoms with Gasteiger partial charge in [-0.2, -0.15) is 0 Å². The van der Waals surface area contributed by atoms with E-state index in [1.165, 1.54) is 0 Å². The maximum atomic E-state index is 12.2. The molecule has 168 valence electrons. The van der Waals surface area contributed by atoms with Crippen LogP contribution in [0.4, 0.5) is 10.6 Å². The van der Waals surface area contributed by atoms with Gasteiger partial charge >= 0.3 is 6.03 Å². The minimum atomic E-state index is -0.596. The summed E-state index contributed by atoms with van der Waals surface area (Å²) in [7, 11) is 0. The first-order chi connectivity index (χ1) is 15.2. The van der Waals surface area contributed by atoms with Crippen molar-refractivity contribution in [3.8, 4) is 0 Å². The monoisotopic (exact) mass is 474 g/mol. The van der Waals surface area contributed by atoms with Crippen LogP contribution in [0.1, 0.15) is 25.2 Å². The largest absolute Gasteiger partial charge is 0.368 e. The Labute approximate surface area is 195 Å². The third kappa shape index (κ3) is 5.99. The number of hydrogen-bond donors (Lipinski definition) is 4. The van der Waals surface area contributed by atoms with Crippen molar-refractivity contribution < 1.29 is 9.59 Å². The Kier molecular flexibility index (Phi) is 7.71. The van der Waals surface area contributed by atoms with Gasteiger partial charge in [0.15, 0.2) is 5.82 Å². The van der Waals surface area contributed by atoms with Gasteiger partial charge in [-0.05, 0) is 35.7 Å². The van der Waals surface area contributed by atoms with Gasteiger partial charge in [0.2, 0.25) is 5.91 Å². The summed E-state index contributed by atoms with van der Waals surface area (Å²) in [5.41, 5.74) is 6.96. The number of halogens is 2. The topological polar surface area (TPSA) is 122 Å². The predicted octanol–water partition coefficient (Wildman–Crippen LogP) is 3.86. The van der Waals surface area contributed by atoms with E-state index in [4.69, 9.17) is 28.9 Å². The van der Waals surface area contributed by atoms with Crippen molar-refractivity contribution in [1.82, 2.24) is 20.6 Å². The standard InChI is InChI=1S/C22H24Cl2N6O2/c1-12(2)19(20(25)31)30-21-15-5-3-4-6-17(15)28-18(29-21)11-27-22(32)26-10-13-7-8-14(23)9-16(13)24/h3-9,12,19H,10-11H2,1-2H3,(H2,25,31)(H2,26,27,32)(H,28,29,30)/t19-/m0/s1. The number of nitrogens with two attached hydrogens (primary N) is 1. The van der Waals surface area contributed by atoms with Crippen molar-refractivity contribution >= 4 is 51.9 Å². The highest BCUT2D eigenvalue weighted by Crippen LogP contribution is 2.22. The Hall–Kier alpha value is -3.10. The summed E-state index contributed by atoms with van der Waals surface area (Å²) in [6.45, 7) is 4.11. The average molecular weight is 475 g/mol. The van der Waals surface area contributed by atoms with E-state index in [2.05, 4.69) is 25.9 Å². The summed E-state index contributed by atoms with van der Waals surface area (Å²) in [6, 6.07) is 11.5. The second-order valence-corrected chi connectivity index (χ2v) is 8.39. The van der Waals surface area contributed by atoms with E-state index in [9.17, 15) is 9.59 Å². The summed E-state index contributed by atoms with van der Waals surface area (Å²) >= 11 is 12.0. The smallest absolute Gasteiger partial charge is 0.315 e. The lowest BCUT2D eigenvalue weighted by molar-refractivity contribution is -0.119. The summed E-state index contributed by atoms with van der Waals surface area (Å²) in [4.78, 5) is 33.1. The van der Waals surface area contributed by atoms with Crippen LogP contribution < -0.4 is 21.7 Å². The number of benzene rings is 2. The number of para-hydroxylation sites is 1. The van der Waals surface area contributed by atoms with E-state index < -0.39 is 18.0 Å². The summed E-state index contributed by atoms with van der Waals surface area (Å²) < 4.78 is 0. The lowest BCUT2D eigenvalue weighted by atomic mass is 10.0. The molecule has 1 heterocycles. The predicted molar refractivity (Wildman–Crippen MR) is 127 cm³/mol. The van der Waals surface area contributed by atoms with Gasteiger partial charge in [0.25, 0.3) is 0 Å². The van der Waals surface area contributed by atoms with Crippen molar-refractivity contribution in [3.05, 3.63) is 63.9 Å². The van der Waals surface area contributed by atoms with Crippen LogP contribution in [0, 0.1) is 5.92 Å². The summed E-state index contributed by atoms with van der Waals surface area (Å²) in [6.07, 6.45) is 0. The zero-order chi connectivity index (χ0) is 23.3. The molecule has 1 atom stereocenters. The van der Waals surface area contributed by atoms with Gasteiger partial charge in [-0.25, -0.2) is 14.8 Å². The molecule has 0 fully saturated rings. The number of nitrogens with one attached hydrogen (secondary N) is 3. The molecule has 0 spiro atoms. The minimum absolute atomic E-state index is 0.0340. The van der Waals surface area contributed by atoms with E-state index >= 15 is 0 Å². The van der Waals surface area contributed by atoms with Crippen LogP contribution in [-0.2, 0) is 17.9 Å². The number of nitrogens with zero attached hydrogens (tertiary/aromatic N) is 2. The Morgan fingerprint density at radius 2 is 1.75 bits per heavy atom. The fourth-order valence-electron chi connectivity index (χ4n) is 3.09. The second kappa shape index (κ2) is 10.5. The second-order valence-electron chi connectivity index (χ2n) is 7.55. The van der Waals surface area contributed by atoms with E-state index in [1.54, 1.807) is 18.2 Å². The number of aromatic nitrogens is 2. The lowest BCUT2D eigenvalue weighted by Gasteiger charge is -2.21. The van der Waals surface area contributed by atoms with E-state index in [0.717, 1.165) is 10.9 Å². The maximum Gasteiger partial charge on any atom is 0.315 e. The number of amides is 3. The summed E-state index contributed by atoms with van der Waals surface area (Å²) in [5, 5.41) is 10.3. The maximum absolute atomic E-state index is 12.2. The molecule has 8 nitrogen and oxygen atoms in total. The molecule has 2 aromatic carbocycles. The van der Waals surface area contributed by atoms with Gasteiger partial charge < -0.3 is 21.7 Å². The van der Waals surface area contributed by atoms with Gasteiger partial charge in [-0.15, -0.1) is 0 Å². The highest BCUT2D eigenvalue weighted by Gasteiger charge is 2.21. The first kappa shape index (κ1) is 23.6. The SMILES string of the molecule is CC(C)[C@H](Nc1nc(CNC(=O)NCc2ccc(Cl)cc2Cl)nc2ccccc12)C(N)=O. The number of anilines is 1. The lowest BCUT2D eigenvalue weighted by Crippen LogP contribution is -2.40. The van der Waals surface area contributed by atoms with Crippen LogP contribution in [0.2, 0.25) is 10.0 Å². The Morgan fingerprint density at radius 1 is 1.03 bits per heavy atom. The number of primary amides is 1. The average Bonchev–Trinajstić information content (AvgIpc) is 2.74. The van der Waals surface area contributed by atoms with Crippen molar-refractivity contribution in [1.29, 1.82) is 0 Å². The molecule has 3 amide bonds. The molecular weight excluding hydrogens is 451 g/mol. The molecule has 1 aromatic heterocycles. The van der Waals surface area contributed by atoms with Gasteiger partial charge in [0, 0.05) is 22.0 Å². The fourth-order valence-corrected chi connectivity index (χ4v) is 3.57. The third-order valence-electron chi connectivity index (χ3n) is 4.78. The van der Waals surface area contributed by atoms with Crippen molar-refractivity contribution in [2.24, 2.45) is 11.7 Å². The van der Waals surface area contributed by atoms with Crippen LogP contribution >= 0.6 is 23.2 Å². The molecule has 0 aliphatic heterocycles. The normalized spacial score (nSPS) is 11.9. The Bertz CT molecular complexity index is 1140. The van der Waals surface area contributed by atoms with E-state index in [0.29, 0.717) is 27.2 Å². The van der Waals surface area contributed by atoms with Gasteiger partial charge in [-0.1, -0.05) is 55.2 Å². The molecule has 3 aromatic rings. The minimum Gasteiger partial charge on any atom is -0.368 e. The highest BCUT2D eigenvalue weighted by molar-refractivity contribution is 6.35. The molecule has 32 heavy (non-hydrogen) atoms. The number of fused-ring (bicyclic) bond motifs is 1. The number of rotatable bonds is 8. The molecular formula is C22H24Cl2N6O2. The molecule has 0 radical (unpaired) electrons. The van der Waals surface area contributed by atoms with Crippen molar-refractivity contribution in [2.75, 3.05) is 5.32 Å². The zero-order valence-electron chi connectivity index (χ0n) is 17.7. The molecule has 0 bridgehead atoms. The van der Waals surface area contributed by atoms with E-state index in [-0.39, 0.29) is 19.0 Å². The van der Waals surface area contributed by atoms with Gasteiger partial charge in [-0.3, -0.25) is 4.79 Å². The molecule has 0 aliphatic rings. The van der Waals surface area contributed by atoms with Crippen LogP contribution in [0.5, 0.6) is 0 Å². The quantitative estimate of drug-likeness (QED) is 0.394. The first-order valence-electron chi connectivity index (χ1n) is 10.0. The van der Waals surface area contributed by atoms with E-state index in [1.807, 2.05) is 38.1 Å². The molecule has 0 aliphatic carbocycles. The third-order valence-corrected chi connectivity index (χ3v) is 5.36. The highest BCUT2D eigenvalue weighted by atomic mass is 35.5. The van der Waals surface area contributed by atoms with Crippen LogP contribution in [-0.4, -0.2) is 27.9 Å². The van der Waals surface area contributed by atoms with Crippen molar-refractivity contribution in [2.45, 2.75) is 33.0 Å². The fraction of sp³-hybridized carbons (Fsp3) is 0.273. The Balaban J connectivity index is 1.71. The summed E-state index contributed by atoms with van der Waals surface area (Å²) in [5.74, 6) is 0.368. The van der Waals surface area contributed by atoms with Crippen molar-refractivity contribution in [3.63, 3.8) is 0 Å². The molecule has 0 unspecified atom stereocenters. The Morgan fingerprint density at radius 3 is 2.44 bits per heavy atom. The van der Waals surface area contributed by atoms with Gasteiger partial charge in [0.1, 0.15) is 11.9 Å². The number of hydrogen-bond acceptors (Lipinski definition) is 5. The molecule has 3 rings (SSSR count).